The van der Waals surface area contributed by atoms with Gasteiger partial charge in [-0.15, -0.1) is 0 Å². The fourth-order valence-corrected chi connectivity index (χ4v) is 3.75. The molecule has 1 unspecified atom stereocenters. The Balaban J connectivity index is 1.76. The quantitative estimate of drug-likeness (QED) is 0.933. The number of hydrogen-bond acceptors (Lipinski definition) is 5. The smallest absolute Gasteiger partial charge is 0.179 e. The molecule has 0 saturated carbocycles. The van der Waals surface area contributed by atoms with Gasteiger partial charge in [-0.05, 0) is 37.1 Å². The van der Waals surface area contributed by atoms with Gasteiger partial charge in [0.2, 0.25) is 0 Å². The van der Waals surface area contributed by atoms with Crippen LogP contribution in [0.5, 0.6) is 0 Å². The molecule has 2 heterocycles. The summed E-state index contributed by atoms with van der Waals surface area (Å²) in [6, 6.07) is 13.7. The van der Waals surface area contributed by atoms with E-state index in [1.165, 1.54) is 11.9 Å². The van der Waals surface area contributed by atoms with E-state index in [4.69, 9.17) is 0 Å². The highest BCUT2D eigenvalue weighted by molar-refractivity contribution is 7.90. The van der Waals surface area contributed by atoms with Gasteiger partial charge in [0.25, 0.3) is 0 Å². The molecule has 0 aliphatic carbocycles. The Labute approximate surface area is 137 Å². The van der Waals surface area contributed by atoms with Gasteiger partial charge in [-0.25, -0.2) is 13.4 Å². The second-order valence-electron chi connectivity index (χ2n) is 5.89. The molecule has 122 valence electrons. The van der Waals surface area contributed by atoms with Crippen LogP contribution in [0, 0.1) is 0 Å². The number of sulfone groups is 1. The van der Waals surface area contributed by atoms with Crippen LogP contribution in [0.1, 0.15) is 12.8 Å². The molecule has 1 N–H and O–H groups in total. The average molecular weight is 331 g/mol. The van der Waals surface area contributed by atoms with Crippen LogP contribution in [0.3, 0.4) is 0 Å². The lowest BCUT2D eigenvalue weighted by atomic mass is 10.0. The first-order chi connectivity index (χ1) is 11.0. The first kappa shape index (κ1) is 15.8. The predicted molar refractivity (Wildman–Crippen MR) is 92.6 cm³/mol. The molecule has 23 heavy (non-hydrogen) atoms. The fourth-order valence-electron chi connectivity index (χ4n) is 2.96. The molecule has 3 rings (SSSR count). The van der Waals surface area contributed by atoms with Crippen molar-refractivity contribution in [1.82, 2.24) is 4.98 Å². The van der Waals surface area contributed by atoms with Gasteiger partial charge in [0.1, 0.15) is 10.7 Å². The fraction of sp³-hybridized carbons (Fsp3) is 0.353. The largest absolute Gasteiger partial charge is 0.369 e. The van der Waals surface area contributed by atoms with Crippen molar-refractivity contribution in [2.45, 2.75) is 23.8 Å². The van der Waals surface area contributed by atoms with Gasteiger partial charge >= 0.3 is 0 Å². The summed E-state index contributed by atoms with van der Waals surface area (Å²) in [7, 11) is -3.29. The van der Waals surface area contributed by atoms with Gasteiger partial charge < -0.3 is 10.2 Å². The van der Waals surface area contributed by atoms with Crippen LogP contribution in [0.25, 0.3) is 0 Å². The maximum absolute atomic E-state index is 11.9. The number of rotatable bonds is 4. The predicted octanol–water partition coefficient (Wildman–Crippen LogP) is 2.57. The molecule has 1 aliphatic heterocycles. The summed E-state index contributed by atoms with van der Waals surface area (Å²) >= 11 is 0. The Morgan fingerprint density at radius 2 is 1.96 bits per heavy atom. The first-order valence-corrected chi connectivity index (χ1v) is 9.65. The minimum absolute atomic E-state index is 0.180. The van der Waals surface area contributed by atoms with Gasteiger partial charge in [-0.1, -0.05) is 18.2 Å². The van der Waals surface area contributed by atoms with Crippen LogP contribution in [0.15, 0.2) is 53.6 Å². The van der Waals surface area contributed by atoms with Crippen molar-refractivity contribution in [1.29, 1.82) is 0 Å². The second kappa shape index (κ2) is 6.58. The monoisotopic (exact) mass is 331 g/mol. The third kappa shape index (κ3) is 3.82. The van der Waals surface area contributed by atoms with Crippen molar-refractivity contribution in [3.63, 3.8) is 0 Å². The summed E-state index contributed by atoms with van der Waals surface area (Å²) in [6.07, 6.45) is 4.90. The highest BCUT2D eigenvalue weighted by Gasteiger charge is 2.22. The first-order valence-electron chi connectivity index (χ1n) is 7.75. The third-order valence-corrected chi connectivity index (χ3v) is 5.18. The lowest BCUT2D eigenvalue weighted by molar-refractivity contribution is 0.528. The Morgan fingerprint density at radius 1 is 1.17 bits per heavy atom. The van der Waals surface area contributed by atoms with E-state index in [1.54, 1.807) is 18.3 Å². The molecule has 1 aromatic heterocycles. The van der Waals surface area contributed by atoms with E-state index in [-0.39, 0.29) is 10.9 Å². The molecule has 0 radical (unpaired) electrons. The van der Waals surface area contributed by atoms with Crippen molar-refractivity contribution >= 4 is 21.3 Å². The number of benzene rings is 1. The SMILES string of the molecule is CS(=O)(=O)c1cccnc1NC1CCCN(c2ccccc2)C1. The lowest BCUT2D eigenvalue weighted by Gasteiger charge is -2.35. The normalized spacial score (nSPS) is 18.7. The summed E-state index contributed by atoms with van der Waals surface area (Å²) in [5.74, 6) is 0.454. The van der Waals surface area contributed by atoms with Crippen LogP contribution < -0.4 is 10.2 Å². The minimum atomic E-state index is -3.29. The highest BCUT2D eigenvalue weighted by atomic mass is 32.2. The molecule has 1 aromatic carbocycles. The summed E-state index contributed by atoms with van der Waals surface area (Å²) in [6.45, 7) is 1.85. The molecule has 1 atom stereocenters. The van der Waals surface area contributed by atoms with E-state index < -0.39 is 9.84 Å². The van der Waals surface area contributed by atoms with Crippen molar-refractivity contribution in [3.05, 3.63) is 48.7 Å². The molecular weight excluding hydrogens is 310 g/mol. The molecule has 1 fully saturated rings. The number of hydrogen-bond donors (Lipinski definition) is 1. The standard InChI is InChI=1S/C17H21N3O2S/c1-23(21,22)16-10-5-11-18-17(16)19-14-7-6-12-20(13-14)15-8-3-2-4-9-15/h2-5,8-11,14H,6-7,12-13H2,1H3,(H,18,19). The van der Waals surface area contributed by atoms with E-state index in [0.29, 0.717) is 5.82 Å². The molecule has 6 heteroatoms. The van der Waals surface area contributed by atoms with E-state index >= 15 is 0 Å². The summed E-state index contributed by atoms with van der Waals surface area (Å²) < 4.78 is 23.8. The van der Waals surface area contributed by atoms with Crippen molar-refractivity contribution in [3.8, 4) is 0 Å². The Kier molecular flexibility index (Phi) is 4.52. The van der Waals surface area contributed by atoms with Gasteiger partial charge in [0, 0.05) is 37.3 Å². The van der Waals surface area contributed by atoms with E-state index in [0.717, 1.165) is 25.9 Å². The third-order valence-electron chi connectivity index (χ3n) is 4.05. The number of nitrogens with one attached hydrogen (secondary N) is 1. The molecule has 0 spiro atoms. The summed E-state index contributed by atoms with van der Waals surface area (Å²) in [4.78, 5) is 6.81. The van der Waals surface area contributed by atoms with Gasteiger partial charge in [-0.3, -0.25) is 0 Å². The number of para-hydroxylation sites is 1. The Morgan fingerprint density at radius 3 is 2.70 bits per heavy atom. The zero-order valence-corrected chi connectivity index (χ0v) is 14.0. The number of piperidine rings is 1. The van der Waals surface area contributed by atoms with E-state index in [2.05, 4.69) is 27.3 Å². The van der Waals surface area contributed by atoms with E-state index in [1.807, 2.05) is 18.2 Å². The number of nitrogens with zero attached hydrogens (tertiary/aromatic N) is 2. The highest BCUT2D eigenvalue weighted by Crippen LogP contribution is 2.24. The van der Waals surface area contributed by atoms with Gasteiger partial charge in [0.05, 0.1) is 0 Å². The van der Waals surface area contributed by atoms with Crippen LogP contribution in [0.2, 0.25) is 0 Å². The van der Waals surface area contributed by atoms with Crippen molar-refractivity contribution < 1.29 is 8.42 Å². The molecule has 2 aromatic rings. The molecule has 0 amide bonds. The van der Waals surface area contributed by atoms with Gasteiger partial charge in [0.15, 0.2) is 9.84 Å². The molecular formula is C17H21N3O2S. The van der Waals surface area contributed by atoms with Crippen LogP contribution in [0.4, 0.5) is 11.5 Å². The molecule has 1 aliphatic rings. The molecule has 0 bridgehead atoms. The Hall–Kier alpha value is -2.08. The number of aromatic nitrogens is 1. The maximum atomic E-state index is 11.9. The molecule has 5 nitrogen and oxygen atoms in total. The van der Waals surface area contributed by atoms with Gasteiger partial charge in [-0.2, -0.15) is 0 Å². The average Bonchev–Trinajstić information content (AvgIpc) is 2.55. The van der Waals surface area contributed by atoms with Crippen LogP contribution in [-0.2, 0) is 9.84 Å². The minimum Gasteiger partial charge on any atom is -0.369 e. The lowest BCUT2D eigenvalue weighted by Crippen LogP contribution is -2.42. The number of anilines is 2. The van der Waals surface area contributed by atoms with Crippen molar-refractivity contribution in [2.24, 2.45) is 0 Å². The topological polar surface area (TPSA) is 62.3 Å². The van der Waals surface area contributed by atoms with Crippen LogP contribution in [-0.4, -0.2) is 38.8 Å². The zero-order valence-electron chi connectivity index (χ0n) is 13.1. The van der Waals surface area contributed by atoms with Crippen molar-refractivity contribution in [2.75, 3.05) is 29.6 Å². The maximum Gasteiger partial charge on any atom is 0.179 e. The summed E-state index contributed by atoms with van der Waals surface area (Å²) in [5.41, 5.74) is 1.20. The second-order valence-corrected chi connectivity index (χ2v) is 7.87. The molecule has 1 saturated heterocycles. The van der Waals surface area contributed by atoms with Crippen LogP contribution >= 0.6 is 0 Å². The summed E-state index contributed by atoms with van der Waals surface area (Å²) in [5, 5.41) is 3.32. The number of pyridine rings is 1. The Bertz CT molecular complexity index is 762. The zero-order chi connectivity index (χ0) is 16.3. The van der Waals surface area contributed by atoms with E-state index in [9.17, 15) is 8.42 Å².